The third kappa shape index (κ3) is 3.44. The second-order valence-electron chi connectivity index (χ2n) is 2.98. The lowest BCUT2D eigenvalue weighted by atomic mass is 10.2. The van der Waals surface area contributed by atoms with Gasteiger partial charge in [-0.3, -0.25) is 9.63 Å². The summed E-state index contributed by atoms with van der Waals surface area (Å²) in [4.78, 5) is 14.8. The van der Waals surface area contributed by atoms with E-state index in [1.165, 1.54) is 0 Å². The van der Waals surface area contributed by atoms with Crippen LogP contribution < -0.4 is 11.2 Å². The number of aromatic hydroxyl groups is 1. The molecule has 0 bridgehead atoms. The third-order valence-electron chi connectivity index (χ3n) is 1.67. The van der Waals surface area contributed by atoms with E-state index in [-0.39, 0.29) is 18.7 Å². The summed E-state index contributed by atoms with van der Waals surface area (Å²) in [5.74, 6) is -3.82. The van der Waals surface area contributed by atoms with Gasteiger partial charge in [0.1, 0.15) is 6.61 Å². The van der Waals surface area contributed by atoms with Gasteiger partial charge in [-0.2, -0.15) is 5.48 Å². The molecule has 0 aromatic heterocycles. The zero-order valence-corrected chi connectivity index (χ0v) is 8.17. The lowest BCUT2D eigenvalue weighted by Crippen LogP contribution is -2.24. The van der Waals surface area contributed by atoms with Crippen LogP contribution in [-0.4, -0.2) is 17.6 Å². The fraction of sp³-hybridized carbons (Fsp3) is 0.222. The van der Waals surface area contributed by atoms with Crippen LogP contribution in [-0.2, 0) is 16.2 Å². The van der Waals surface area contributed by atoms with E-state index in [1.807, 2.05) is 0 Å². The number of nitrogens with two attached hydrogens (primary N) is 1. The molecule has 0 aliphatic heterocycles. The van der Waals surface area contributed by atoms with Crippen molar-refractivity contribution >= 4 is 5.91 Å². The molecule has 0 atom stereocenters. The van der Waals surface area contributed by atoms with Crippen molar-refractivity contribution in [3.8, 4) is 5.75 Å². The van der Waals surface area contributed by atoms with Gasteiger partial charge in [-0.25, -0.2) is 8.78 Å². The lowest BCUT2D eigenvalue weighted by Gasteiger charge is -2.05. The number of phenols is 1. The highest BCUT2D eigenvalue weighted by atomic mass is 19.1. The van der Waals surface area contributed by atoms with Crippen molar-refractivity contribution in [3.05, 3.63) is 29.3 Å². The first-order chi connectivity index (χ1) is 7.50. The minimum atomic E-state index is -1.06. The van der Waals surface area contributed by atoms with Crippen LogP contribution in [0.3, 0.4) is 0 Å². The molecule has 5 nitrogen and oxygen atoms in total. The van der Waals surface area contributed by atoms with Crippen LogP contribution in [0, 0.1) is 11.6 Å². The molecule has 4 N–H and O–H groups in total. The first-order valence-corrected chi connectivity index (χ1v) is 4.30. The first kappa shape index (κ1) is 12.3. The largest absolute Gasteiger partial charge is 0.503 e. The summed E-state index contributed by atoms with van der Waals surface area (Å²) in [6.45, 7) is -0.371. The van der Waals surface area contributed by atoms with Gasteiger partial charge in [0.25, 0.3) is 0 Å². The molecular weight excluding hydrogens is 222 g/mol. The van der Waals surface area contributed by atoms with E-state index in [0.29, 0.717) is 0 Å². The van der Waals surface area contributed by atoms with Crippen LogP contribution >= 0.6 is 0 Å². The SMILES string of the molecule is NC(=O)CONCc1cc(F)c(O)c(F)c1. The molecule has 0 aliphatic carbocycles. The van der Waals surface area contributed by atoms with E-state index in [2.05, 4.69) is 10.3 Å². The Balaban J connectivity index is 2.52. The van der Waals surface area contributed by atoms with Gasteiger partial charge in [-0.05, 0) is 17.7 Å². The normalized spacial score (nSPS) is 10.4. The standard InChI is InChI=1S/C9H10F2N2O3/c10-6-1-5(2-7(11)9(6)15)3-13-16-4-8(12)14/h1-2,13,15H,3-4H2,(H2,12,14). The molecule has 1 aromatic rings. The zero-order valence-electron chi connectivity index (χ0n) is 8.17. The van der Waals surface area contributed by atoms with E-state index >= 15 is 0 Å². The van der Waals surface area contributed by atoms with Gasteiger partial charge in [0.05, 0.1) is 0 Å². The first-order valence-electron chi connectivity index (χ1n) is 4.30. The van der Waals surface area contributed by atoms with E-state index in [1.54, 1.807) is 0 Å². The van der Waals surface area contributed by atoms with Gasteiger partial charge < -0.3 is 10.8 Å². The Bertz CT molecular complexity index is 375. The molecule has 0 saturated heterocycles. The topological polar surface area (TPSA) is 84.6 Å². The van der Waals surface area contributed by atoms with E-state index in [9.17, 15) is 13.6 Å². The minimum absolute atomic E-state index is 0.0264. The number of amides is 1. The Labute approximate surface area is 89.8 Å². The predicted molar refractivity (Wildman–Crippen MR) is 50.0 cm³/mol. The third-order valence-corrected chi connectivity index (χ3v) is 1.67. The Morgan fingerprint density at radius 2 is 2.00 bits per heavy atom. The van der Waals surface area contributed by atoms with Crippen LogP contribution in [0.2, 0.25) is 0 Å². The van der Waals surface area contributed by atoms with Crippen molar-refractivity contribution in [2.75, 3.05) is 6.61 Å². The highest BCUT2D eigenvalue weighted by Gasteiger charge is 2.09. The molecule has 0 radical (unpaired) electrons. The van der Waals surface area contributed by atoms with Gasteiger partial charge in [-0.1, -0.05) is 0 Å². The number of hydrogen-bond acceptors (Lipinski definition) is 4. The number of benzene rings is 1. The van der Waals surface area contributed by atoms with E-state index in [0.717, 1.165) is 12.1 Å². The molecule has 88 valence electrons. The molecule has 0 heterocycles. The van der Waals surface area contributed by atoms with Gasteiger partial charge in [0, 0.05) is 6.54 Å². The number of primary amides is 1. The molecule has 7 heteroatoms. The summed E-state index contributed by atoms with van der Waals surface area (Å²) in [5.41, 5.74) is 7.29. The summed E-state index contributed by atoms with van der Waals surface area (Å²) >= 11 is 0. The minimum Gasteiger partial charge on any atom is -0.503 e. The highest BCUT2D eigenvalue weighted by Crippen LogP contribution is 2.21. The van der Waals surface area contributed by atoms with Crippen LogP contribution in [0.5, 0.6) is 5.75 Å². The fourth-order valence-corrected chi connectivity index (χ4v) is 0.977. The fourth-order valence-electron chi connectivity index (χ4n) is 0.977. The summed E-state index contributed by atoms with van der Waals surface area (Å²) in [6, 6.07) is 1.89. The quantitative estimate of drug-likeness (QED) is 0.499. The van der Waals surface area contributed by atoms with E-state index in [4.69, 9.17) is 10.8 Å². The van der Waals surface area contributed by atoms with Gasteiger partial charge in [0.2, 0.25) is 5.91 Å². The molecule has 0 spiro atoms. The van der Waals surface area contributed by atoms with Crippen molar-refractivity contribution in [1.29, 1.82) is 0 Å². The predicted octanol–water partition coefficient (Wildman–Crippen LogP) is 0.177. The zero-order chi connectivity index (χ0) is 12.1. The van der Waals surface area contributed by atoms with Crippen LogP contribution in [0.15, 0.2) is 12.1 Å². The second kappa shape index (κ2) is 5.38. The van der Waals surface area contributed by atoms with Crippen LogP contribution in [0.25, 0.3) is 0 Å². The highest BCUT2D eigenvalue weighted by molar-refractivity contribution is 5.74. The van der Waals surface area contributed by atoms with E-state index < -0.39 is 23.3 Å². The Morgan fingerprint density at radius 3 is 2.50 bits per heavy atom. The maximum absolute atomic E-state index is 12.8. The maximum Gasteiger partial charge on any atom is 0.245 e. The number of hydrogen-bond donors (Lipinski definition) is 3. The molecule has 0 fully saturated rings. The Morgan fingerprint density at radius 1 is 1.44 bits per heavy atom. The number of carbonyl (C=O) groups is 1. The average molecular weight is 232 g/mol. The number of hydroxylamine groups is 1. The number of rotatable bonds is 5. The molecule has 0 unspecified atom stereocenters. The number of carbonyl (C=O) groups excluding carboxylic acids is 1. The Kier molecular flexibility index (Phi) is 4.15. The van der Waals surface area contributed by atoms with Crippen LogP contribution in [0.1, 0.15) is 5.56 Å². The van der Waals surface area contributed by atoms with Gasteiger partial charge >= 0.3 is 0 Å². The molecule has 0 saturated carbocycles. The summed E-state index contributed by atoms with van der Waals surface area (Å²) in [6.07, 6.45) is 0. The second-order valence-corrected chi connectivity index (χ2v) is 2.98. The van der Waals surface area contributed by atoms with Crippen molar-refractivity contribution < 1.29 is 23.5 Å². The monoisotopic (exact) mass is 232 g/mol. The molecule has 1 amide bonds. The van der Waals surface area contributed by atoms with Crippen molar-refractivity contribution in [2.45, 2.75) is 6.54 Å². The molecular formula is C9H10F2N2O3. The maximum atomic E-state index is 12.8. The molecule has 1 rings (SSSR count). The number of phenolic OH excluding ortho intramolecular Hbond substituents is 1. The molecule has 0 aliphatic rings. The summed E-state index contributed by atoms with van der Waals surface area (Å²) in [7, 11) is 0. The number of halogens is 2. The molecule has 16 heavy (non-hydrogen) atoms. The summed E-state index contributed by atoms with van der Waals surface area (Å²) in [5, 5.41) is 8.81. The van der Waals surface area contributed by atoms with Crippen molar-refractivity contribution in [1.82, 2.24) is 5.48 Å². The van der Waals surface area contributed by atoms with Crippen LogP contribution in [0.4, 0.5) is 8.78 Å². The van der Waals surface area contributed by atoms with Crippen molar-refractivity contribution in [2.24, 2.45) is 5.73 Å². The smallest absolute Gasteiger partial charge is 0.245 e. The van der Waals surface area contributed by atoms with Crippen molar-refractivity contribution in [3.63, 3.8) is 0 Å². The average Bonchev–Trinajstić information content (AvgIpc) is 2.20. The van der Waals surface area contributed by atoms with Gasteiger partial charge in [0.15, 0.2) is 17.4 Å². The lowest BCUT2D eigenvalue weighted by molar-refractivity contribution is -0.125. The Hall–Kier alpha value is -1.73. The summed E-state index contributed by atoms with van der Waals surface area (Å²) < 4.78 is 25.7. The number of nitrogens with one attached hydrogen (secondary N) is 1. The van der Waals surface area contributed by atoms with Gasteiger partial charge in [-0.15, -0.1) is 0 Å². The molecule has 1 aromatic carbocycles.